The number of nitrogens with zero attached hydrogens (tertiary/aromatic N) is 1. The van der Waals surface area contributed by atoms with Crippen LogP contribution in [-0.4, -0.2) is 48.3 Å². The van der Waals surface area contributed by atoms with Gasteiger partial charge in [-0.15, -0.1) is 0 Å². The SMILES string of the molecule is COc1ccc(CNC(=O)N2CCC(C)(C(=O)O)C2)c(OC2CCCC2)c1. The van der Waals surface area contributed by atoms with Crippen molar-refractivity contribution in [1.29, 1.82) is 0 Å². The Bertz CT molecular complexity index is 702. The van der Waals surface area contributed by atoms with Gasteiger partial charge in [0.05, 0.1) is 18.6 Å². The Hall–Kier alpha value is -2.44. The van der Waals surface area contributed by atoms with E-state index in [-0.39, 0.29) is 18.7 Å². The molecule has 0 spiro atoms. The number of benzene rings is 1. The number of urea groups is 1. The minimum Gasteiger partial charge on any atom is -0.497 e. The second kappa shape index (κ2) is 8.06. The molecule has 27 heavy (non-hydrogen) atoms. The fourth-order valence-corrected chi connectivity index (χ4v) is 3.69. The van der Waals surface area contributed by atoms with E-state index in [9.17, 15) is 14.7 Å². The van der Waals surface area contributed by atoms with Gasteiger partial charge in [0.2, 0.25) is 0 Å². The lowest BCUT2D eigenvalue weighted by atomic mass is 9.90. The molecule has 148 valence electrons. The van der Waals surface area contributed by atoms with E-state index >= 15 is 0 Å². The summed E-state index contributed by atoms with van der Waals surface area (Å²) in [5.74, 6) is 0.591. The number of likely N-dealkylation sites (tertiary alicyclic amines) is 1. The molecule has 3 rings (SSSR count). The van der Waals surface area contributed by atoms with E-state index < -0.39 is 11.4 Å². The Morgan fingerprint density at radius 1 is 1.33 bits per heavy atom. The zero-order valence-corrected chi connectivity index (χ0v) is 16.0. The first-order chi connectivity index (χ1) is 12.9. The molecule has 1 unspecified atom stereocenters. The molecule has 1 heterocycles. The lowest BCUT2D eigenvalue weighted by Gasteiger charge is -2.21. The van der Waals surface area contributed by atoms with Gasteiger partial charge < -0.3 is 24.8 Å². The minimum absolute atomic E-state index is 0.210. The van der Waals surface area contributed by atoms with Crippen molar-refractivity contribution in [3.63, 3.8) is 0 Å². The molecule has 2 aliphatic rings. The average Bonchev–Trinajstić information content (AvgIpc) is 3.30. The summed E-state index contributed by atoms with van der Waals surface area (Å²) >= 11 is 0. The quantitative estimate of drug-likeness (QED) is 0.797. The van der Waals surface area contributed by atoms with E-state index in [1.807, 2.05) is 18.2 Å². The van der Waals surface area contributed by atoms with Crippen molar-refractivity contribution < 1.29 is 24.2 Å². The molecule has 1 aromatic carbocycles. The number of nitrogens with one attached hydrogen (secondary N) is 1. The lowest BCUT2D eigenvalue weighted by Crippen LogP contribution is -2.40. The third-order valence-corrected chi connectivity index (χ3v) is 5.58. The predicted octanol–water partition coefficient (Wildman–Crippen LogP) is 3.02. The highest BCUT2D eigenvalue weighted by atomic mass is 16.5. The van der Waals surface area contributed by atoms with Crippen molar-refractivity contribution in [2.75, 3.05) is 20.2 Å². The van der Waals surface area contributed by atoms with Crippen molar-refractivity contribution in [3.8, 4) is 11.5 Å². The molecule has 7 nitrogen and oxygen atoms in total. The maximum absolute atomic E-state index is 12.5. The zero-order chi connectivity index (χ0) is 19.4. The smallest absolute Gasteiger partial charge is 0.317 e. The highest BCUT2D eigenvalue weighted by Crippen LogP contribution is 2.31. The minimum atomic E-state index is -0.867. The highest BCUT2D eigenvalue weighted by Gasteiger charge is 2.42. The fourth-order valence-electron chi connectivity index (χ4n) is 3.69. The second-order valence-electron chi connectivity index (χ2n) is 7.69. The Morgan fingerprint density at radius 3 is 2.70 bits per heavy atom. The summed E-state index contributed by atoms with van der Waals surface area (Å²) in [5, 5.41) is 12.2. The summed E-state index contributed by atoms with van der Waals surface area (Å²) in [6, 6.07) is 5.36. The molecule has 1 saturated carbocycles. The van der Waals surface area contributed by atoms with Crippen LogP contribution in [0, 0.1) is 5.41 Å². The molecule has 0 bridgehead atoms. The molecule has 2 fully saturated rings. The summed E-state index contributed by atoms with van der Waals surface area (Å²) in [4.78, 5) is 25.4. The van der Waals surface area contributed by atoms with Gasteiger partial charge in [-0.3, -0.25) is 4.79 Å². The third-order valence-electron chi connectivity index (χ3n) is 5.58. The first-order valence-corrected chi connectivity index (χ1v) is 9.51. The van der Waals surface area contributed by atoms with Crippen LogP contribution in [0.3, 0.4) is 0 Å². The summed E-state index contributed by atoms with van der Waals surface area (Å²) in [5.41, 5.74) is 0.0185. The Morgan fingerprint density at radius 2 is 2.07 bits per heavy atom. The molecule has 7 heteroatoms. The van der Waals surface area contributed by atoms with Gasteiger partial charge in [0, 0.05) is 31.3 Å². The van der Waals surface area contributed by atoms with E-state index in [1.54, 1.807) is 18.9 Å². The van der Waals surface area contributed by atoms with Gasteiger partial charge in [0.25, 0.3) is 0 Å². The van der Waals surface area contributed by atoms with Crippen LogP contribution in [0.2, 0.25) is 0 Å². The van der Waals surface area contributed by atoms with Gasteiger partial charge in [-0.05, 0) is 51.2 Å². The second-order valence-corrected chi connectivity index (χ2v) is 7.69. The van der Waals surface area contributed by atoms with Crippen LogP contribution in [0.1, 0.15) is 44.6 Å². The lowest BCUT2D eigenvalue weighted by molar-refractivity contribution is -0.147. The maximum atomic E-state index is 12.5. The Labute approximate surface area is 159 Å². The Kier molecular flexibility index (Phi) is 5.77. The normalized spacial score (nSPS) is 22.7. The van der Waals surface area contributed by atoms with Gasteiger partial charge >= 0.3 is 12.0 Å². The van der Waals surface area contributed by atoms with Crippen molar-refractivity contribution in [1.82, 2.24) is 10.2 Å². The molecular formula is C20H28N2O5. The van der Waals surface area contributed by atoms with Crippen molar-refractivity contribution in [2.24, 2.45) is 5.41 Å². The van der Waals surface area contributed by atoms with Gasteiger partial charge in [0.1, 0.15) is 11.5 Å². The average molecular weight is 376 g/mol. The monoisotopic (exact) mass is 376 g/mol. The molecule has 1 atom stereocenters. The molecule has 1 saturated heterocycles. The van der Waals surface area contributed by atoms with Gasteiger partial charge in [-0.2, -0.15) is 0 Å². The number of hydrogen-bond acceptors (Lipinski definition) is 4. The molecule has 2 amide bonds. The standard InChI is InChI=1S/C20H28N2O5/c1-20(18(23)24)9-10-22(13-20)19(25)21-12-14-7-8-16(26-2)11-17(14)27-15-5-3-4-6-15/h7-8,11,15H,3-6,9-10,12-13H2,1-2H3,(H,21,25)(H,23,24). The van der Waals surface area contributed by atoms with Crippen molar-refractivity contribution >= 4 is 12.0 Å². The molecular weight excluding hydrogens is 348 g/mol. The topological polar surface area (TPSA) is 88.1 Å². The van der Waals surface area contributed by atoms with Gasteiger partial charge in [-0.1, -0.05) is 0 Å². The van der Waals surface area contributed by atoms with Crippen LogP contribution in [0.25, 0.3) is 0 Å². The molecule has 1 aromatic rings. The van der Waals surface area contributed by atoms with Crippen molar-refractivity contribution in [3.05, 3.63) is 23.8 Å². The van der Waals surface area contributed by atoms with Crippen LogP contribution >= 0.6 is 0 Å². The molecule has 1 aliphatic carbocycles. The van der Waals surface area contributed by atoms with E-state index in [4.69, 9.17) is 9.47 Å². The third kappa shape index (κ3) is 4.46. The number of aliphatic carboxylic acids is 1. The van der Waals surface area contributed by atoms with E-state index in [0.717, 1.165) is 29.9 Å². The van der Waals surface area contributed by atoms with Crippen LogP contribution in [0.15, 0.2) is 18.2 Å². The van der Waals surface area contributed by atoms with Crippen LogP contribution in [0.4, 0.5) is 4.79 Å². The van der Waals surface area contributed by atoms with Crippen molar-refractivity contribution in [2.45, 2.75) is 51.7 Å². The molecule has 2 N–H and O–H groups in total. The summed E-state index contributed by atoms with van der Waals surface area (Å²) in [7, 11) is 1.61. The number of carbonyl (C=O) groups excluding carboxylic acids is 1. The maximum Gasteiger partial charge on any atom is 0.317 e. The first-order valence-electron chi connectivity index (χ1n) is 9.51. The number of amides is 2. The number of carbonyl (C=O) groups is 2. The zero-order valence-electron chi connectivity index (χ0n) is 16.0. The van der Waals surface area contributed by atoms with Crippen LogP contribution in [0.5, 0.6) is 11.5 Å². The van der Waals surface area contributed by atoms with Gasteiger partial charge in [0.15, 0.2) is 0 Å². The number of carboxylic acid groups (broad SMARTS) is 1. The highest BCUT2D eigenvalue weighted by molar-refractivity contribution is 5.79. The number of ether oxygens (including phenoxy) is 2. The molecule has 0 aromatic heterocycles. The number of rotatable bonds is 6. The predicted molar refractivity (Wildman–Crippen MR) is 100 cm³/mol. The number of methoxy groups -OCH3 is 1. The fraction of sp³-hybridized carbons (Fsp3) is 0.600. The number of hydrogen-bond donors (Lipinski definition) is 2. The van der Waals surface area contributed by atoms with Crippen LogP contribution in [-0.2, 0) is 11.3 Å². The Balaban J connectivity index is 1.63. The summed E-state index contributed by atoms with van der Waals surface area (Å²) < 4.78 is 11.4. The van der Waals surface area contributed by atoms with Crippen LogP contribution < -0.4 is 14.8 Å². The molecule has 0 radical (unpaired) electrons. The number of carboxylic acids is 1. The largest absolute Gasteiger partial charge is 0.497 e. The van der Waals surface area contributed by atoms with E-state index in [1.165, 1.54) is 12.8 Å². The molecule has 1 aliphatic heterocycles. The summed E-state index contributed by atoms with van der Waals surface area (Å²) in [6.45, 7) is 2.68. The first kappa shape index (κ1) is 19.3. The van der Waals surface area contributed by atoms with E-state index in [2.05, 4.69) is 5.32 Å². The van der Waals surface area contributed by atoms with E-state index in [0.29, 0.717) is 19.5 Å². The summed E-state index contributed by atoms with van der Waals surface area (Å²) in [6.07, 6.45) is 5.13. The van der Waals surface area contributed by atoms with Gasteiger partial charge in [-0.25, -0.2) is 4.79 Å².